The van der Waals surface area contributed by atoms with E-state index in [9.17, 15) is 4.79 Å². The summed E-state index contributed by atoms with van der Waals surface area (Å²) >= 11 is 1.32. The molecule has 0 saturated carbocycles. The number of hydrogen-bond acceptors (Lipinski definition) is 6. The smallest absolute Gasteiger partial charge is 0.230 e. The fraction of sp³-hybridized carbons (Fsp3) is 0.333. The quantitative estimate of drug-likeness (QED) is 0.647. The molecule has 1 N–H and O–H groups in total. The first-order valence-electron chi connectivity index (χ1n) is 6.78. The first kappa shape index (κ1) is 16.2. The first-order valence-corrected chi connectivity index (χ1v) is 7.76. The average Bonchev–Trinajstić information content (AvgIpc) is 2.50. The molecule has 0 aliphatic rings. The van der Waals surface area contributed by atoms with E-state index in [-0.39, 0.29) is 11.7 Å². The van der Waals surface area contributed by atoms with Gasteiger partial charge in [0.25, 0.3) is 0 Å². The number of nitrogens with zero attached hydrogens (tertiary/aromatic N) is 3. The van der Waals surface area contributed by atoms with Crippen LogP contribution in [-0.2, 0) is 11.3 Å². The molecule has 0 radical (unpaired) electrons. The van der Waals surface area contributed by atoms with E-state index in [4.69, 9.17) is 4.74 Å². The van der Waals surface area contributed by atoms with Gasteiger partial charge >= 0.3 is 0 Å². The average molecular weight is 318 g/mol. The Hall–Kier alpha value is -2.15. The van der Waals surface area contributed by atoms with E-state index in [1.54, 1.807) is 13.3 Å². The van der Waals surface area contributed by atoms with Gasteiger partial charge in [0.05, 0.1) is 12.9 Å². The van der Waals surface area contributed by atoms with E-state index in [1.807, 2.05) is 32.0 Å². The second-order valence-electron chi connectivity index (χ2n) is 4.67. The molecule has 116 valence electrons. The molecule has 0 atom stereocenters. The van der Waals surface area contributed by atoms with Crippen molar-refractivity contribution in [3.63, 3.8) is 0 Å². The third-order valence-electron chi connectivity index (χ3n) is 2.81. The van der Waals surface area contributed by atoms with E-state index >= 15 is 0 Å². The molecule has 0 unspecified atom stereocenters. The van der Waals surface area contributed by atoms with E-state index in [0.29, 0.717) is 17.6 Å². The zero-order valence-electron chi connectivity index (χ0n) is 12.8. The van der Waals surface area contributed by atoms with Crippen molar-refractivity contribution in [3.8, 4) is 5.88 Å². The highest BCUT2D eigenvalue weighted by Gasteiger charge is 2.08. The highest BCUT2D eigenvalue weighted by molar-refractivity contribution is 7.99. The Labute approximate surface area is 133 Å². The van der Waals surface area contributed by atoms with Gasteiger partial charge in [0, 0.05) is 29.7 Å². The Balaban J connectivity index is 1.85. The molecular formula is C15H18N4O2S. The number of thioether (sulfide) groups is 1. The van der Waals surface area contributed by atoms with Gasteiger partial charge in [-0.3, -0.25) is 4.79 Å². The summed E-state index contributed by atoms with van der Waals surface area (Å²) in [5.41, 5.74) is 2.64. The van der Waals surface area contributed by atoms with Gasteiger partial charge < -0.3 is 10.1 Å². The molecule has 1 amide bonds. The van der Waals surface area contributed by atoms with Gasteiger partial charge in [-0.1, -0.05) is 17.8 Å². The summed E-state index contributed by atoms with van der Waals surface area (Å²) < 4.78 is 5.15. The Morgan fingerprint density at radius 1 is 1.32 bits per heavy atom. The predicted molar refractivity (Wildman–Crippen MR) is 84.9 cm³/mol. The SMILES string of the molecule is COc1ncccc1CNC(=O)CSc1nc(C)cc(C)n1. The second kappa shape index (κ2) is 7.74. The number of amides is 1. The molecule has 0 fully saturated rings. The van der Waals surface area contributed by atoms with Crippen molar-refractivity contribution >= 4 is 17.7 Å². The number of carbonyl (C=O) groups excluding carboxylic acids is 1. The fourth-order valence-electron chi connectivity index (χ4n) is 1.88. The van der Waals surface area contributed by atoms with Gasteiger partial charge in [0.2, 0.25) is 11.8 Å². The molecule has 2 rings (SSSR count). The first-order chi connectivity index (χ1) is 10.6. The summed E-state index contributed by atoms with van der Waals surface area (Å²) in [5, 5.41) is 3.46. The van der Waals surface area contributed by atoms with Crippen LogP contribution in [0.5, 0.6) is 5.88 Å². The van der Waals surface area contributed by atoms with Gasteiger partial charge in [-0.15, -0.1) is 0 Å². The standard InChI is InChI=1S/C15H18N4O2S/c1-10-7-11(2)19-15(18-10)22-9-13(20)17-8-12-5-4-6-16-14(12)21-3/h4-7H,8-9H2,1-3H3,(H,17,20). The minimum absolute atomic E-state index is 0.0846. The topological polar surface area (TPSA) is 77.0 Å². The maximum absolute atomic E-state index is 11.9. The molecule has 7 heteroatoms. The largest absolute Gasteiger partial charge is 0.481 e. The Morgan fingerprint density at radius 3 is 2.73 bits per heavy atom. The van der Waals surface area contributed by atoms with Crippen LogP contribution in [0.4, 0.5) is 0 Å². The van der Waals surface area contributed by atoms with Crippen molar-refractivity contribution in [1.82, 2.24) is 20.3 Å². The van der Waals surface area contributed by atoms with Crippen LogP contribution >= 0.6 is 11.8 Å². The predicted octanol–water partition coefficient (Wildman–Crippen LogP) is 1.91. The van der Waals surface area contributed by atoms with Crippen LogP contribution in [0.2, 0.25) is 0 Å². The van der Waals surface area contributed by atoms with Crippen LogP contribution in [0.25, 0.3) is 0 Å². The number of pyridine rings is 1. The van der Waals surface area contributed by atoms with Crippen LogP contribution < -0.4 is 10.1 Å². The monoisotopic (exact) mass is 318 g/mol. The number of nitrogens with one attached hydrogen (secondary N) is 1. The Kier molecular flexibility index (Phi) is 5.71. The van der Waals surface area contributed by atoms with Gasteiger partial charge in [-0.2, -0.15) is 0 Å². The van der Waals surface area contributed by atoms with Crippen molar-refractivity contribution in [1.29, 1.82) is 0 Å². The van der Waals surface area contributed by atoms with Crippen molar-refractivity contribution in [3.05, 3.63) is 41.3 Å². The van der Waals surface area contributed by atoms with Crippen LogP contribution in [-0.4, -0.2) is 33.7 Å². The minimum Gasteiger partial charge on any atom is -0.481 e. The van der Waals surface area contributed by atoms with E-state index < -0.39 is 0 Å². The number of rotatable bonds is 6. The van der Waals surface area contributed by atoms with Crippen molar-refractivity contribution in [2.24, 2.45) is 0 Å². The maximum Gasteiger partial charge on any atom is 0.230 e. The molecule has 22 heavy (non-hydrogen) atoms. The molecule has 0 aromatic carbocycles. The molecule has 0 spiro atoms. The molecule has 2 heterocycles. The number of methoxy groups -OCH3 is 1. The number of carbonyl (C=O) groups is 1. The summed E-state index contributed by atoms with van der Waals surface area (Å²) in [6.45, 7) is 4.20. The van der Waals surface area contributed by atoms with Crippen LogP contribution in [0.3, 0.4) is 0 Å². The van der Waals surface area contributed by atoms with Crippen molar-refractivity contribution in [2.75, 3.05) is 12.9 Å². The summed E-state index contributed by atoms with van der Waals surface area (Å²) in [4.78, 5) is 24.6. The fourth-order valence-corrected chi connectivity index (χ4v) is 2.65. The summed E-state index contributed by atoms with van der Waals surface area (Å²) in [7, 11) is 1.56. The summed E-state index contributed by atoms with van der Waals surface area (Å²) in [6.07, 6.45) is 1.65. The lowest BCUT2D eigenvalue weighted by atomic mass is 10.2. The maximum atomic E-state index is 11.9. The number of aryl methyl sites for hydroxylation is 2. The van der Waals surface area contributed by atoms with Crippen LogP contribution in [0.15, 0.2) is 29.6 Å². The van der Waals surface area contributed by atoms with E-state index in [1.165, 1.54) is 11.8 Å². The van der Waals surface area contributed by atoms with Gasteiger partial charge in [-0.05, 0) is 26.0 Å². The minimum atomic E-state index is -0.0846. The normalized spacial score (nSPS) is 10.3. The third kappa shape index (κ3) is 4.70. The van der Waals surface area contributed by atoms with E-state index in [0.717, 1.165) is 17.0 Å². The van der Waals surface area contributed by atoms with Crippen LogP contribution in [0.1, 0.15) is 17.0 Å². The molecule has 0 bridgehead atoms. The highest BCUT2D eigenvalue weighted by Crippen LogP contribution is 2.15. The van der Waals surface area contributed by atoms with Crippen molar-refractivity contribution < 1.29 is 9.53 Å². The Morgan fingerprint density at radius 2 is 2.05 bits per heavy atom. The zero-order chi connectivity index (χ0) is 15.9. The van der Waals surface area contributed by atoms with E-state index in [2.05, 4.69) is 20.3 Å². The second-order valence-corrected chi connectivity index (χ2v) is 5.61. The molecule has 0 aliphatic carbocycles. The molecular weight excluding hydrogens is 300 g/mol. The van der Waals surface area contributed by atoms with Gasteiger partial charge in [0.1, 0.15) is 0 Å². The zero-order valence-corrected chi connectivity index (χ0v) is 13.6. The Bertz CT molecular complexity index is 643. The number of aromatic nitrogens is 3. The van der Waals surface area contributed by atoms with Gasteiger partial charge in [-0.25, -0.2) is 15.0 Å². The molecule has 0 aliphatic heterocycles. The lowest BCUT2D eigenvalue weighted by Gasteiger charge is -2.08. The molecule has 6 nitrogen and oxygen atoms in total. The summed E-state index contributed by atoms with van der Waals surface area (Å²) in [5.74, 6) is 0.706. The number of hydrogen-bond donors (Lipinski definition) is 1. The highest BCUT2D eigenvalue weighted by atomic mass is 32.2. The van der Waals surface area contributed by atoms with Crippen molar-refractivity contribution in [2.45, 2.75) is 25.5 Å². The third-order valence-corrected chi connectivity index (χ3v) is 3.66. The molecule has 2 aromatic rings. The van der Waals surface area contributed by atoms with Crippen LogP contribution in [0, 0.1) is 13.8 Å². The summed E-state index contributed by atoms with van der Waals surface area (Å²) in [6, 6.07) is 5.58. The molecule has 2 aromatic heterocycles. The molecule has 0 saturated heterocycles. The van der Waals surface area contributed by atoms with Gasteiger partial charge in [0.15, 0.2) is 5.16 Å². The number of ether oxygens (including phenoxy) is 1. The lowest BCUT2D eigenvalue weighted by molar-refractivity contribution is -0.118. The lowest BCUT2D eigenvalue weighted by Crippen LogP contribution is -2.25.